The molecule has 0 saturated heterocycles. The van der Waals surface area contributed by atoms with Crippen LogP contribution >= 0.6 is 11.8 Å². The summed E-state index contributed by atoms with van der Waals surface area (Å²) in [5, 5.41) is 4.89. The van der Waals surface area contributed by atoms with Gasteiger partial charge in [0.05, 0.1) is 5.52 Å². The van der Waals surface area contributed by atoms with Crippen molar-refractivity contribution in [3.05, 3.63) is 30.3 Å². The Kier molecular flexibility index (Phi) is 4.05. The van der Waals surface area contributed by atoms with Crippen LogP contribution in [-0.4, -0.2) is 27.0 Å². The number of fused-ring (bicyclic) bond motifs is 1. The number of nitrogens with one attached hydrogen (secondary N) is 1. The fourth-order valence-corrected chi connectivity index (χ4v) is 4.02. The van der Waals surface area contributed by atoms with Crippen molar-refractivity contribution in [2.45, 2.75) is 37.5 Å². The largest absolute Gasteiger partial charge is 0.366 e. The molecule has 1 heterocycles. The minimum atomic E-state index is -0.249. The third kappa shape index (κ3) is 2.73. The van der Waals surface area contributed by atoms with Crippen molar-refractivity contribution < 1.29 is 4.39 Å². The second-order valence-corrected chi connectivity index (χ2v) is 6.58. The quantitative estimate of drug-likeness (QED) is 0.928. The zero-order chi connectivity index (χ0) is 13.9. The van der Waals surface area contributed by atoms with Crippen LogP contribution in [0.2, 0.25) is 0 Å². The molecule has 5 heteroatoms. The molecule has 1 aromatic carbocycles. The summed E-state index contributed by atoms with van der Waals surface area (Å²) in [6.45, 7) is 2.19. The number of rotatable bonds is 4. The van der Waals surface area contributed by atoms with Gasteiger partial charge in [-0.15, -0.1) is 0 Å². The first-order valence-corrected chi connectivity index (χ1v) is 8.11. The van der Waals surface area contributed by atoms with E-state index in [1.165, 1.54) is 25.0 Å². The Morgan fingerprint density at radius 2 is 2.25 bits per heavy atom. The number of aromatic nitrogens is 2. The van der Waals surface area contributed by atoms with Crippen molar-refractivity contribution in [1.82, 2.24) is 9.97 Å². The summed E-state index contributed by atoms with van der Waals surface area (Å²) < 4.78 is 13.4. The van der Waals surface area contributed by atoms with Crippen LogP contribution in [0.5, 0.6) is 0 Å². The zero-order valence-electron chi connectivity index (χ0n) is 11.5. The zero-order valence-corrected chi connectivity index (χ0v) is 12.3. The standard InChI is InChI=1S/C15H18FN3S/c1-2-20-14-5-3-4-13(14)19-15-11-8-10(16)6-7-12(11)17-9-18-15/h6-9,13-14H,2-5H2,1H3,(H,17,18,19). The minimum absolute atomic E-state index is 0.249. The van der Waals surface area contributed by atoms with Crippen molar-refractivity contribution in [3.63, 3.8) is 0 Å². The molecule has 3 rings (SSSR count). The Labute approximate surface area is 122 Å². The van der Waals surface area contributed by atoms with Gasteiger partial charge in [0, 0.05) is 16.7 Å². The van der Waals surface area contributed by atoms with Crippen LogP contribution in [0.4, 0.5) is 10.2 Å². The average Bonchev–Trinajstić information content (AvgIpc) is 2.87. The first-order valence-electron chi connectivity index (χ1n) is 7.06. The molecule has 106 valence electrons. The molecule has 1 aliphatic rings. The second kappa shape index (κ2) is 5.95. The number of thioether (sulfide) groups is 1. The van der Waals surface area contributed by atoms with Crippen molar-refractivity contribution in [1.29, 1.82) is 0 Å². The van der Waals surface area contributed by atoms with Crippen LogP contribution in [0, 0.1) is 5.82 Å². The van der Waals surface area contributed by atoms with Gasteiger partial charge in [0.25, 0.3) is 0 Å². The predicted molar refractivity (Wildman–Crippen MR) is 82.7 cm³/mol. The third-order valence-corrected chi connectivity index (χ3v) is 5.08. The van der Waals surface area contributed by atoms with Crippen LogP contribution in [0.3, 0.4) is 0 Å². The third-order valence-electron chi connectivity index (χ3n) is 3.75. The number of halogens is 1. The summed E-state index contributed by atoms with van der Waals surface area (Å²) in [7, 11) is 0. The van der Waals surface area contributed by atoms with E-state index in [2.05, 4.69) is 22.2 Å². The molecule has 0 radical (unpaired) electrons. The van der Waals surface area contributed by atoms with Gasteiger partial charge in [-0.1, -0.05) is 13.3 Å². The lowest BCUT2D eigenvalue weighted by Gasteiger charge is -2.21. The highest BCUT2D eigenvalue weighted by molar-refractivity contribution is 7.99. The summed E-state index contributed by atoms with van der Waals surface area (Å²) >= 11 is 1.99. The molecule has 20 heavy (non-hydrogen) atoms. The second-order valence-electron chi connectivity index (χ2n) is 5.06. The molecule has 2 atom stereocenters. The van der Waals surface area contributed by atoms with E-state index in [0.29, 0.717) is 11.3 Å². The number of benzene rings is 1. The number of hydrogen-bond donors (Lipinski definition) is 1. The first kappa shape index (κ1) is 13.6. The number of hydrogen-bond acceptors (Lipinski definition) is 4. The van der Waals surface area contributed by atoms with Gasteiger partial charge >= 0.3 is 0 Å². The fourth-order valence-electron chi connectivity index (χ4n) is 2.82. The lowest BCUT2D eigenvalue weighted by molar-refractivity contribution is 0.629. The summed E-state index contributed by atoms with van der Waals surface area (Å²) in [5.41, 5.74) is 0.779. The summed E-state index contributed by atoms with van der Waals surface area (Å²) in [6.07, 6.45) is 5.18. The Morgan fingerprint density at radius 3 is 3.10 bits per heavy atom. The molecular formula is C15H18FN3S. The SMILES string of the molecule is CCSC1CCCC1Nc1ncnc2ccc(F)cc12. The van der Waals surface area contributed by atoms with Gasteiger partial charge in [-0.2, -0.15) is 11.8 Å². The van der Waals surface area contributed by atoms with E-state index in [9.17, 15) is 4.39 Å². The van der Waals surface area contributed by atoms with Crippen molar-refractivity contribution in [2.75, 3.05) is 11.1 Å². The lowest BCUT2D eigenvalue weighted by atomic mass is 10.2. The van der Waals surface area contributed by atoms with Crippen LogP contribution in [-0.2, 0) is 0 Å². The normalized spacial score (nSPS) is 22.3. The van der Waals surface area contributed by atoms with Crippen molar-refractivity contribution in [2.24, 2.45) is 0 Å². The minimum Gasteiger partial charge on any atom is -0.366 e. The van der Waals surface area contributed by atoms with Crippen LogP contribution in [0.25, 0.3) is 10.9 Å². The van der Waals surface area contributed by atoms with E-state index < -0.39 is 0 Å². The van der Waals surface area contributed by atoms with Crippen molar-refractivity contribution >= 4 is 28.5 Å². The van der Waals surface area contributed by atoms with Gasteiger partial charge in [0.15, 0.2) is 0 Å². The fraction of sp³-hybridized carbons (Fsp3) is 0.467. The molecule has 2 unspecified atom stereocenters. The lowest BCUT2D eigenvalue weighted by Crippen LogP contribution is -2.26. The molecule has 1 N–H and O–H groups in total. The molecular weight excluding hydrogens is 273 g/mol. The topological polar surface area (TPSA) is 37.8 Å². The Hall–Kier alpha value is -1.36. The maximum absolute atomic E-state index is 13.4. The van der Waals surface area contributed by atoms with E-state index in [1.807, 2.05) is 11.8 Å². The van der Waals surface area contributed by atoms with Gasteiger partial charge in [-0.05, 0) is 36.8 Å². The predicted octanol–water partition coefficient (Wildman–Crippen LogP) is 3.86. The van der Waals surface area contributed by atoms with Crippen LogP contribution < -0.4 is 5.32 Å². The number of nitrogens with zero attached hydrogens (tertiary/aromatic N) is 2. The Balaban J connectivity index is 1.88. The van der Waals surface area contributed by atoms with E-state index in [0.717, 1.165) is 28.9 Å². The van der Waals surface area contributed by atoms with E-state index in [4.69, 9.17) is 0 Å². The molecule has 1 fully saturated rings. The summed E-state index contributed by atoms with van der Waals surface area (Å²) in [4.78, 5) is 8.50. The molecule has 0 bridgehead atoms. The summed E-state index contributed by atoms with van der Waals surface area (Å²) in [5.74, 6) is 1.63. The Bertz CT molecular complexity index is 605. The first-order chi connectivity index (χ1) is 9.78. The maximum Gasteiger partial charge on any atom is 0.137 e. The molecule has 1 aliphatic carbocycles. The smallest absolute Gasteiger partial charge is 0.137 e. The monoisotopic (exact) mass is 291 g/mol. The van der Waals surface area contributed by atoms with Gasteiger partial charge in [-0.25, -0.2) is 14.4 Å². The molecule has 0 aliphatic heterocycles. The highest BCUT2D eigenvalue weighted by Gasteiger charge is 2.27. The molecule has 1 aromatic heterocycles. The van der Waals surface area contributed by atoms with Gasteiger partial charge < -0.3 is 5.32 Å². The highest BCUT2D eigenvalue weighted by atomic mass is 32.2. The number of anilines is 1. The van der Waals surface area contributed by atoms with E-state index >= 15 is 0 Å². The molecule has 2 aromatic rings. The van der Waals surface area contributed by atoms with Gasteiger partial charge in [0.2, 0.25) is 0 Å². The molecule has 0 spiro atoms. The van der Waals surface area contributed by atoms with Crippen LogP contribution in [0.15, 0.2) is 24.5 Å². The van der Waals surface area contributed by atoms with E-state index in [-0.39, 0.29) is 5.82 Å². The molecule has 0 amide bonds. The van der Waals surface area contributed by atoms with Crippen molar-refractivity contribution in [3.8, 4) is 0 Å². The average molecular weight is 291 g/mol. The summed E-state index contributed by atoms with van der Waals surface area (Å²) in [6, 6.07) is 5.06. The Morgan fingerprint density at radius 1 is 1.35 bits per heavy atom. The molecule has 1 saturated carbocycles. The van der Waals surface area contributed by atoms with E-state index in [1.54, 1.807) is 12.4 Å². The van der Waals surface area contributed by atoms with Gasteiger partial charge in [0.1, 0.15) is 18.0 Å². The van der Waals surface area contributed by atoms with Crippen LogP contribution in [0.1, 0.15) is 26.2 Å². The van der Waals surface area contributed by atoms with Gasteiger partial charge in [-0.3, -0.25) is 0 Å². The maximum atomic E-state index is 13.4. The molecule has 3 nitrogen and oxygen atoms in total. The highest BCUT2D eigenvalue weighted by Crippen LogP contribution is 2.33.